The average molecular weight is 223 g/mol. The minimum Gasteiger partial charge on any atom is -0.400 e. The van der Waals surface area contributed by atoms with Gasteiger partial charge in [0.2, 0.25) is 0 Å². The Morgan fingerprint density at radius 1 is 1.00 bits per heavy atom. The van der Waals surface area contributed by atoms with Gasteiger partial charge in [-0.15, -0.1) is 16.8 Å². The SMILES string of the molecule is CO.[Cu+].[c-]1ccc2ccccc2c1. The van der Waals surface area contributed by atoms with Crippen molar-refractivity contribution < 1.29 is 22.2 Å². The molecule has 0 aliphatic rings. The van der Waals surface area contributed by atoms with Crippen molar-refractivity contribution in [3.8, 4) is 0 Å². The van der Waals surface area contributed by atoms with Crippen molar-refractivity contribution in [2.75, 3.05) is 7.11 Å². The fraction of sp³-hybridized carbons (Fsp3) is 0.0909. The average Bonchev–Trinajstić information content (AvgIpc) is 2.21. The molecule has 0 saturated heterocycles. The van der Waals surface area contributed by atoms with Crippen molar-refractivity contribution >= 4 is 10.8 Å². The second-order valence-electron chi connectivity index (χ2n) is 2.27. The van der Waals surface area contributed by atoms with Crippen molar-refractivity contribution in [1.82, 2.24) is 0 Å². The van der Waals surface area contributed by atoms with Gasteiger partial charge in [0.25, 0.3) is 0 Å². The Balaban J connectivity index is 0.000000451. The number of aliphatic hydroxyl groups is 1. The summed E-state index contributed by atoms with van der Waals surface area (Å²) in [6, 6.07) is 17.3. The van der Waals surface area contributed by atoms with E-state index < -0.39 is 0 Å². The maximum atomic E-state index is 7.00. The van der Waals surface area contributed by atoms with E-state index in [0.717, 1.165) is 7.11 Å². The zero-order chi connectivity index (χ0) is 8.81. The van der Waals surface area contributed by atoms with Gasteiger partial charge in [-0.05, 0) is 0 Å². The fourth-order valence-corrected chi connectivity index (χ4v) is 1.07. The molecule has 0 radical (unpaired) electrons. The van der Waals surface area contributed by atoms with Gasteiger partial charge in [-0.25, -0.2) is 0 Å². The number of rotatable bonds is 0. The molecule has 0 bridgehead atoms. The Morgan fingerprint density at radius 2 is 1.62 bits per heavy atom. The molecule has 0 aliphatic heterocycles. The Labute approximate surface area is 88.9 Å². The molecule has 72 valence electrons. The molecule has 0 spiro atoms. The molecule has 2 heteroatoms. The number of hydrogen-bond donors (Lipinski definition) is 1. The second kappa shape index (κ2) is 6.67. The van der Waals surface area contributed by atoms with E-state index in [4.69, 9.17) is 5.11 Å². The van der Waals surface area contributed by atoms with E-state index in [1.54, 1.807) is 0 Å². The van der Waals surface area contributed by atoms with Crippen LogP contribution in [0, 0.1) is 6.07 Å². The number of aliphatic hydroxyl groups excluding tert-OH is 1. The van der Waals surface area contributed by atoms with Gasteiger partial charge in [-0.1, -0.05) is 18.2 Å². The first-order valence-corrected chi connectivity index (χ1v) is 3.76. The van der Waals surface area contributed by atoms with Gasteiger partial charge in [0.05, 0.1) is 0 Å². The summed E-state index contributed by atoms with van der Waals surface area (Å²) in [6.07, 6.45) is 0. The third-order valence-electron chi connectivity index (χ3n) is 1.59. The zero-order valence-corrected chi connectivity index (χ0v) is 8.23. The summed E-state index contributed by atoms with van der Waals surface area (Å²) in [7, 11) is 1.00. The molecule has 0 saturated carbocycles. The molecule has 1 nitrogen and oxygen atoms in total. The van der Waals surface area contributed by atoms with Gasteiger partial charge in [0, 0.05) is 7.11 Å². The topological polar surface area (TPSA) is 20.2 Å². The van der Waals surface area contributed by atoms with Crippen LogP contribution in [-0.2, 0) is 17.1 Å². The third-order valence-corrected chi connectivity index (χ3v) is 1.59. The largest absolute Gasteiger partial charge is 1.00 e. The normalized spacial score (nSPS) is 8.15. The van der Waals surface area contributed by atoms with Crippen molar-refractivity contribution in [3.63, 3.8) is 0 Å². The smallest absolute Gasteiger partial charge is 0.400 e. The van der Waals surface area contributed by atoms with Crippen LogP contribution in [-0.4, -0.2) is 12.2 Å². The molecule has 2 rings (SSSR count). The number of benzene rings is 2. The molecular formula is C11H11CuO. The van der Waals surface area contributed by atoms with Crippen LogP contribution in [0.1, 0.15) is 0 Å². The molecule has 0 amide bonds. The summed E-state index contributed by atoms with van der Waals surface area (Å²) >= 11 is 0. The van der Waals surface area contributed by atoms with Crippen molar-refractivity contribution in [3.05, 3.63) is 48.5 Å². The van der Waals surface area contributed by atoms with Crippen molar-refractivity contribution in [1.29, 1.82) is 0 Å². The van der Waals surface area contributed by atoms with Crippen molar-refractivity contribution in [2.24, 2.45) is 0 Å². The molecule has 1 N–H and O–H groups in total. The van der Waals surface area contributed by atoms with Gasteiger partial charge in [0.1, 0.15) is 0 Å². The quantitative estimate of drug-likeness (QED) is 0.536. The van der Waals surface area contributed by atoms with Crippen molar-refractivity contribution in [2.45, 2.75) is 0 Å². The van der Waals surface area contributed by atoms with Gasteiger partial charge in [-0.2, -0.15) is 24.3 Å². The van der Waals surface area contributed by atoms with E-state index in [2.05, 4.69) is 24.3 Å². The van der Waals surface area contributed by atoms with E-state index in [1.165, 1.54) is 10.8 Å². The molecule has 0 fully saturated rings. The summed E-state index contributed by atoms with van der Waals surface area (Å²) < 4.78 is 0. The molecule has 2 aromatic carbocycles. The van der Waals surface area contributed by atoms with E-state index in [-0.39, 0.29) is 17.1 Å². The van der Waals surface area contributed by atoms with E-state index in [1.807, 2.05) is 24.3 Å². The Kier molecular flexibility index (Phi) is 6.25. The first kappa shape index (κ1) is 12.2. The van der Waals surface area contributed by atoms with Gasteiger partial charge in [-0.3, -0.25) is 0 Å². The molecule has 13 heavy (non-hydrogen) atoms. The molecule has 0 heterocycles. The minimum absolute atomic E-state index is 0. The van der Waals surface area contributed by atoms with Crippen LogP contribution < -0.4 is 0 Å². The van der Waals surface area contributed by atoms with Crippen LogP contribution in [0.5, 0.6) is 0 Å². The minimum atomic E-state index is 0. The summed E-state index contributed by atoms with van der Waals surface area (Å²) in [5.74, 6) is 0. The maximum absolute atomic E-state index is 7.00. The Hall–Kier alpha value is -0.821. The predicted octanol–water partition coefficient (Wildman–Crippen LogP) is 2.25. The van der Waals surface area contributed by atoms with Crippen LogP contribution in [0.3, 0.4) is 0 Å². The summed E-state index contributed by atoms with van der Waals surface area (Å²) in [4.78, 5) is 0. The Morgan fingerprint density at radius 3 is 2.23 bits per heavy atom. The molecule has 0 unspecified atom stereocenters. The molecule has 0 aliphatic carbocycles. The van der Waals surface area contributed by atoms with Crippen LogP contribution in [0.4, 0.5) is 0 Å². The Bertz CT molecular complexity index is 281. The number of hydrogen-bond acceptors (Lipinski definition) is 1. The van der Waals surface area contributed by atoms with E-state index in [9.17, 15) is 0 Å². The van der Waals surface area contributed by atoms with Gasteiger partial charge in [0.15, 0.2) is 0 Å². The second-order valence-corrected chi connectivity index (χ2v) is 2.27. The zero-order valence-electron chi connectivity index (χ0n) is 7.29. The molecule has 2 aromatic rings. The van der Waals surface area contributed by atoms with Gasteiger partial charge < -0.3 is 5.11 Å². The first-order chi connectivity index (χ1) is 5.97. The third kappa shape index (κ3) is 3.19. The summed E-state index contributed by atoms with van der Waals surface area (Å²) in [5, 5.41) is 9.53. The van der Waals surface area contributed by atoms with Crippen LogP contribution >= 0.6 is 0 Å². The van der Waals surface area contributed by atoms with Gasteiger partial charge >= 0.3 is 17.1 Å². The monoisotopic (exact) mass is 222 g/mol. The maximum Gasteiger partial charge on any atom is 1.00 e. The summed E-state index contributed by atoms with van der Waals surface area (Å²) in [6.45, 7) is 0. The molecular weight excluding hydrogens is 212 g/mol. The fourth-order valence-electron chi connectivity index (χ4n) is 1.07. The standard InChI is InChI=1S/C10H7.CH4O.Cu/c1-2-6-10-8-4-3-7-9(10)5-1;1-2;/h1-3,5-8H;2H,1H3;/q-1;;+1. The summed E-state index contributed by atoms with van der Waals surface area (Å²) in [5.41, 5.74) is 0. The first-order valence-electron chi connectivity index (χ1n) is 3.76. The van der Waals surface area contributed by atoms with Crippen LogP contribution in [0.2, 0.25) is 0 Å². The molecule has 0 atom stereocenters. The van der Waals surface area contributed by atoms with Crippen LogP contribution in [0.25, 0.3) is 10.8 Å². The van der Waals surface area contributed by atoms with E-state index >= 15 is 0 Å². The molecule has 0 aromatic heterocycles. The van der Waals surface area contributed by atoms with E-state index in [0.29, 0.717) is 0 Å². The van der Waals surface area contributed by atoms with Crippen LogP contribution in [0.15, 0.2) is 42.5 Å². The predicted molar refractivity (Wildman–Crippen MR) is 50.9 cm³/mol. The number of fused-ring (bicyclic) bond motifs is 1.